The molecule has 0 saturated heterocycles. The molecular weight excluding hydrogens is 350 g/mol. The normalized spacial score (nSPS) is 20.1. The van der Waals surface area contributed by atoms with Gasteiger partial charge in [-0.05, 0) is 70.3 Å². The smallest absolute Gasteiger partial charge is 0.251 e. The van der Waals surface area contributed by atoms with E-state index in [9.17, 15) is 4.79 Å². The van der Waals surface area contributed by atoms with Crippen LogP contribution in [0, 0.1) is 5.92 Å². The molecule has 1 amide bonds. The van der Waals surface area contributed by atoms with Crippen molar-refractivity contribution in [3.05, 3.63) is 35.4 Å². The van der Waals surface area contributed by atoms with Gasteiger partial charge in [-0.1, -0.05) is 19.1 Å². The number of nitrogens with one attached hydrogen (secondary N) is 3. The first-order valence-electron chi connectivity index (χ1n) is 10.5. The molecule has 0 radical (unpaired) electrons. The third kappa shape index (κ3) is 7.89. The van der Waals surface area contributed by atoms with Crippen LogP contribution >= 0.6 is 0 Å². The van der Waals surface area contributed by atoms with E-state index in [0.717, 1.165) is 30.5 Å². The largest absolute Gasteiger partial charge is 0.357 e. The molecule has 0 aromatic heterocycles. The van der Waals surface area contributed by atoms with E-state index in [-0.39, 0.29) is 5.91 Å². The molecule has 1 aliphatic carbocycles. The molecule has 0 aliphatic heterocycles. The molecule has 1 aromatic rings. The van der Waals surface area contributed by atoms with Gasteiger partial charge in [0.05, 0.1) is 6.54 Å². The topological polar surface area (TPSA) is 68.8 Å². The number of carbonyl (C=O) groups is 1. The van der Waals surface area contributed by atoms with E-state index in [1.165, 1.54) is 25.7 Å². The van der Waals surface area contributed by atoms with Crippen LogP contribution in [0.25, 0.3) is 0 Å². The van der Waals surface area contributed by atoms with Crippen LogP contribution in [0.4, 0.5) is 0 Å². The minimum absolute atomic E-state index is 0.0333. The molecule has 0 bridgehead atoms. The number of rotatable bonds is 8. The summed E-state index contributed by atoms with van der Waals surface area (Å²) in [5.41, 5.74) is 1.72. The maximum atomic E-state index is 12.3. The highest BCUT2D eigenvalue weighted by Gasteiger charge is 2.18. The highest BCUT2D eigenvalue weighted by atomic mass is 16.1. The second-order valence-electron chi connectivity index (χ2n) is 8.06. The summed E-state index contributed by atoms with van der Waals surface area (Å²) in [5, 5.41) is 9.88. The Balaban J connectivity index is 1.93. The molecule has 0 spiro atoms. The maximum Gasteiger partial charge on any atom is 0.251 e. The molecule has 1 aliphatic rings. The summed E-state index contributed by atoms with van der Waals surface area (Å²) in [4.78, 5) is 19.1. The zero-order valence-corrected chi connectivity index (χ0v) is 17.9. The van der Waals surface area contributed by atoms with Crippen molar-refractivity contribution in [1.82, 2.24) is 20.9 Å². The fourth-order valence-electron chi connectivity index (χ4n) is 3.39. The lowest BCUT2D eigenvalue weighted by molar-refractivity contribution is 0.0951. The molecule has 0 atom stereocenters. The fourth-order valence-corrected chi connectivity index (χ4v) is 3.39. The van der Waals surface area contributed by atoms with Gasteiger partial charge < -0.3 is 20.9 Å². The van der Waals surface area contributed by atoms with E-state index in [1.54, 1.807) is 0 Å². The zero-order valence-electron chi connectivity index (χ0n) is 17.9. The van der Waals surface area contributed by atoms with Gasteiger partial charge in [0, 0.05) is 31.2 Å². The Bertz CT molecular complexity index is 636. The number of amides is 1. The van der Waals surface area contributed by atoms with Crippen LogP contribution in [0.3, 0.4) is 0 Å². The third-order valence-electron chi connectivity index (χ3n) is 5.15. The van der Waals surface area contributed by atoms with Gasteiger partial charge in [-0.2, -0.15) is 0 Å². The van der Waals surface area contributed by atoms with Gasteiger partial charge in [0.2, 0.25) is 0 Å². The Morgan fingerprint density at radius 1 is 1.18 bits per heavy atom. The van der Waals surface area contributed by atoms with E-state index >= 15 is 0 Å². The number of likely N-dealkylation sites (N-methyl/N-ethyl adjacent to an activating group) is 1. The second-order valence-corrected chi connectivity index (χ2v) is 8.06. The summed E-state index contributed by atoms with van der Waals surface area (Å²) >= 11 is 0. The molecule has 6 heteroatoms. The minimum atomic E-state index is -0.0333. The van der Waals surface area contributed by atoms with E-state index in [1.807, 2.05) is 43.3 Å². The Labute approximate surface area is 170 Å². The van der Waals surface area contributed by atoms with Crippen LogP contribution < -0.4 is 16.0 Å². The summed E-state index contributed by atoms with van der Waals surface area (Å²) in [5.74, 6) is 1.67. The standard InChI is InChI=1S/C22H37N5O/c1-5-23-22(26-20-11-9-17(2)10-12-20)25-16-18-7-6-8-19(15-18)21(28)24-13-14-27(3)4/h6-8,15,17,20H,5,9-14,16H2,1-4H3,(H,24,28)(H2,23,25,26). The lowest BCUT2D eigenvalue weighted by Gasteiger charge is -2.28. The third-order valence-corrected chi connectivity index (χ3v) is 5.15. The van der Waals surface area contributed by atoms with Crippen LogP contribution in [0.15, 0.2) is 29.3 Å². The van der Waals surface area contributed by atoms with E-state index in [2.05, 4.69) is 29.8 Å². The summed E-state index contributed by atoms with van der Waals surface area (Å²) in [6.45, 7) is 7.27. The van der Waals surface area contributed by atoms with Gasteiger partial charge >= 0.3 is 0 Å². The van der Waals surface area contributed by atoms with Crippen molar-refractivity contribution in [1.29, 1.82) is 0 Å². The summed E-state index contributed by atoms with van der Waals surface area (Å²) < 4.78 is 0. The number of nitrogens with zero attached hydrogens (tertiary/aromatic N) is 2. The van der Waals surface area contributed by atoms with Gasteiger partial charge in [0.25, 0.3) is 5.91 Å². The Kier molecular flexibility index (Phi) is 9.28. The molecule has 3 N–H and O–H groups in total. The van der Waals surface area contributed by atoms with Crippen LogP contribution in [0.1, 0.15) is 55.5 Å². The summed E-state index contributed by atoms with van der Waals surface area (Å²) in [6, 6.07) is 8.23. The van der Waals surface area contributed by atoms with Crippen LogP contribution in [0.2, 0.25) is 0 Å². The number of aliphatic imine (C=N–C) groups is 1. The lowest BCUT2D eigenvalue weighted by Crippen LogP contribution is -2.44. The van der Waals surface area contributed by atoms with Crippen molar-refractivity contribution >= 4 is 11.9 Å². The fraction of sp³-hybridized carbons (Fsp3) is 0.636. The van der Waals surface area contributed by atoms with E-state index in [0.29, 0.717) is 24.7 Å². The van der Waals surface area contributed by atoms with Crippen LogP contribution in [-0.2, 0) is 6.54 Å². The number of guanidine groups is 1. The molecule has 0 unspecified atom stereocenters. The second kappa shape index (κ2) is 11.7. The molecule has 6 nitrogen and oxygen atoms in total. The van der Waals surface area contributed by atoms with Gasteiger partial charge in [-0.3, -0.25) is 4.79 Å². The molecule has 0 heterocycles. The molecule has 1 aromatic carbocycles. The molecular formula is C22H37N5O. The SMILES string of the molecule is CCNC(=NCc1cccc(C(=O)NCCN(C)C)c1)NC1CCC(C)CC1. The molecule has 1 saturated carbocycles. The molecule has 156 valence electrons. The number of hydrogen-bond donors (Lipinski definition) is 3. The van der Waals surface area contributed by atoms with Crippen molar-refractivity contribution < 1.29 is 4.79 Å². The Morgan fingerprint density at radius 3 is 2.61 bits per heavy atom. The maximum absolute atomic E-state index is 12.3. The first-order chi connectivity index (χ1) is 13.5. The van der Waals surface area contributed by atoms with E-state index in [4.69, 9.17) is 4.99 Å². The van der Waals surface area contributed by atoms with Crippen molar-refractivity contribution in [2.45, 2.75) is 52.1 Å². The minimum Gasteiger partial charge on any atom is -0.357 e. The van der Waals surface area contributed by atoms with E-state index < -0.39 is 0 Å². The molecule has 28 heavy (non-hydrogen) atoms. The first-order valence-corrected chi connectivity index (χ1v) is 10.5. The number of carbonyl (C=O) groups excluding carboxylic acids is 1. The van der Waals surface area contributed by atoms with Crippen LogP contribution in [0.5, 0.6) is 0 Å². The highest BCUT2D eigenvalue weighted by Crippen LogP contribution is 2.23. The highest BCUT2D eigenvalue weighted by molar-refractivity contribution is 5.94. The van der Waals surface area contributed by atoms with Crippen LogP contribution in [-0.4, -0.2) is 56.5 Å². The predicted molar refractivity (Wildman–Crippen MR) is 117 cm³/mol. The zero-order chi connectivity index (χ0) is 20.4. The summed E-state index contributed by atoms with van der Waals surface area (Å²) in [6.07, 6.45) is 4.96. The monoisotopic (exact) mass is 387 g/mol. The molecule has 2 rings (SSSR count). The average molecular weight is 388 g/mol. The van der Waals surface area contributed by atoms with Crippen molar-refractivity contribution in [2.75, 3.05) is 33.7 Å². The van der Waals surface area contributed by atoms with Crippen molar-refractivity contribution in [2.24, 2.45) is 10.9 Å². The molecule has 1 fully saturated rings. The van der Waals surface area contributed by atoms with Gasteiger partial charge in [-0.25, -0.2) is 4.99 Å². The van der Waals surface area contributed by atoms with Crippen molar-refractivity contribution in [3.63, 3.8) is 0 Å². The lowest BCUT2D eigenvalue weighted by atomic mass is 9.87. The average Bonchev–Trinajstić information content (AvgIpc) is 2.68. The first kappa shape index (κ1) is 22.2. The van der Waals surface area contributed by atoms with Gasteiger partial charge in [0.1, 0.15) is 0 Å². The van der Waals surface area contributed by atoms with Crippen molar-refractivity contribution in [3.8, 4) is 0 Å². The summed E-state index contributed by atoms with van der Waals surface area (Å²) in [7, 11) is 3.99. The number of hydrogen-bond acceptors (Lipinski definition) is 3. The number of benzene rings is 1. The Hall–Kier alpha value is -2.08. The quantitative estimate of drug-likeness (QED) is 0.474. The Morgan fingerprint density at radius 2 is 1.93 bits per heavy atom. The van der Waals surface area contributed by atoms with Gasteiger partial charge in [0.15, 0.2) is 5.96 Å². The van der Waals surface area contributed by atoms with Gasteiger partial charge in [-0.15, -0.1) is 0 Å². The predicted octanol–water partition coefficient (Wildman–Crippen LogP) is 2.61.